The zero-order valence-electron chi connectivity index (χ0n) is 20.8. The van der Waals surface area contributed by atoms with Crippen LogP contribution in [0.3, 0.4) is 0 Å². The third-order valence-electron chi connectivity index (χ3n) is 6.55. The first-order valence-corrected chi connectivity index (χ1v) is 15.1. The van der Waals surface area contributed by atoms with Crippen LogP contribution in [0.5, 0.6) is 0 Å². The van der Waals surface area contributed by atoms with Crippen molar-refractivity contribution >= 4 is 55.1 Å². The van der Waals surface area contributed by atoms with Gasteiger partial charge in [-0.2, -0.15) is 0 Å². The molecule has 2 aromatic carbocycles. The van der Waals surface area contributed by atoms with Crippen LogP contribution in [-0.4, -0.2) is 50.0 Å². The van der Waals surface area contributed by atoms with Crippen LogP contribution < -0.4 is 9.62 Å². The molecule has 1 aliphatic rings. The largest absolute Gasteiger partial charge is 0.352 e. The van der Waals surface area contributed by atoms with Crippen LogP contribution >= 0.6 is 27.5 Å². The van der Waals surface area contributed by atoms with Crippen LogP contribution in [0.25, 0.3) is 0 Å². The lowest BCUT2D eigenvalue weighted by Gasteiger charge is -2.33. The molecule has 196 valence electrons. The van der Waals surface area contributed by atoms with Crippen molar-refractivity contribution in [3.05, 3.63) is 63.1 Å². The minimum absolute atomic E-state index is 0.0955. The van der Waals surface area contributed by atoms with Crippen molar-refractivity contribution in [2.24, 2.45) is 0 Å². The number of anilines is 1. The molecule has 10 heteroatoms. The molecule has 3 rings (SSSR count). The number of benzene rings is 2. The highest BCUT2D eigenvalue weighted by Crippen LogP contribution is 2.28. The molecule has 1 unspecified atom stereocenters. The normalized spacial score (nSPS) is 15.2. The topological polar surface area (TPSA) is 86.8 Å². The van der Waals surface area contributed by atoms with Crippen LogP contribution in [0, 0.1) is 6.92 Å². The molecule has 0 aromatic heterocycles. The van der Waals surface area contributed by atoms with Crippen LogP contribution in [0.1, 0.15) is 50.2 Å². The van der Waals surface area contributed by atoms with Gasteiger partial charge in [0.25, 0.3) is 0 Å². The van der Waals surface area contributed by atoms with Crippen LogP contribution in [0.2, 0.25) is 5.02 Å². The van der Waals surface area contributed by atoms with Gasteiger partial charge < -0.3 is 10.2 Å². The number of nitrogens with one attached hydrogen (secondary N) is 1. The smallest absolute Gasteiger partial charge is 0.244 e. The van der Waals surface area contributed by atoms with Gasteiger partial charge >= 0.3 is 0 Å². The maximum Gasteiger partial charge on any atom is 0.244 e. The van der Waals surface area contributed by atoms with E-state index in [1.165, 1.54) is 11.3 Å². The van der Waals surface area contributed by atoms with Crippen molar-refractivity contribution in [2.75, 3.05) is 17.1 Å². The number of hydrogen-bond donors (Lipinski definition) is 1. The molecule has 0 heterocycles. The molecule has 1 aliphatic carbocycles. The first-order chi connectivity index (χ1) is 17.0. The molecule has 2 aromatic rings. The summed E-state index contributed by atoms with van der Waals surface area (Å²) in [5, 5.41) is 3.49. The van der Waals surface area contributed by atoms with E-state index in [0.29, 0.717) is 16.3 Å². The number of carbonyl (C=O) groups is 2. The summed E-state index contributed by atoms with van der Waals surface area (Å²) in [4.78, 5) is 28.3. The Morgan fingerprint density at radius 1 is 1.14 bits per heavy atom. The van der Waals surface area contributed by atoms with Gasteiger partial charge in [0.05, 0.1) is 11.9 Å². The molecule has 1 saturated carbocycles. The Morgan fingerprint density at radius 3 is 2.44 bits per heavy atom. The summed E-state index contributed by atoms with van der Waals surface area (Å²) in [7, 11) is -3.81. The Labute approximate surface area is 227 Å². The fourth-order valence-electron chi connectivity index (χ4n) is 4.44. The fraction of sp³-hybridized carbons (Fsp3) is 0.462. The monoisotopic (exact) mass is 597 g/mol. The van der Waals surface area contributed by atoms with Crippen molar-refractivity contribution in [1.82, 2.24) is 10.2 Å². The highest BCUT2D eigenvalue weighted by Gasteiger charge is 2.31. The Kier molecular flexibility index (Phi) is 9.83. The first-order valence-electron chi connectivity index (χ1n) is 12.0. The number of hydrogen-bond acceptors (Lipinski definition) is 4. The Bertz CT molecular complexity index is 1200. The lowest BCUT2D eigenvalue weighted by molar-refractivity contribution is -0.139. The van der Waals surface area contributed by atoms with Gasteiger partial charge in [-0.1, -0.05) is 65.0 Å². The molecule has 0 bridgehead atoms. The van der Waals surface area contributed by atoms with Gasteiger partial charge in [0.2, 0.25) is 21.8 Å². The number of carbonyl (C=O) groups excluding carboxylic acids is 2. The van der Waals surface area contributed by atoms with E-state index < -0.39 is 28.5 Å². The second-order valence-electron chi connectivity index (χ2n) is 9.32. The highest BCUT2D eigenvalue weighted by molar-refractivity contribution is 9.10. The van der Waals surface area contributed by atoms with E-state index in [0.717, 1.165) is 46.3 Å². The van der Waals surface area contributed by atoms with E-state index in [2.05, 4.69) is 21.2 Å². The molecule has 2 amide bonds. The fourth-order valence-corrected chi connectivity index (χ4v) is 5.96. The van der Waals surface area contributed by atoms with Crippen molar-refractivity contribution in [2.45, 2.75) is 64.6 Å². The summed E-state index contributed by atoms with van der Waals surface area (Å²) in [6, 6.07) is 11.7. The van der Waals surface area contributed by atoms with E-state index >= 15 is 0 Å². The lowest BCUT2D eigenvalue weighted by Crippen LogP contribution is -2.53. The molecule has 0 radical (unpaired) electrons. The summed E-state index contributed by atoms with van der Waals surface area (Å²) in [6.07, 6.45) is 6.21. The van der Waals surface area contributed by atoms with E-state index in [4.69, 9.17) is 11.6 Å². The number of sulfonamides is 1. The Balaban J connectivity index is 1.90. The van der Waals surface area contributed by atoms with Crippen LogP contribution in [-0.2, 0) is 26.2 Å². The summed E-state index contributed by atoms with van der Waals surface area (Å²) in [6.45, 7) is 3.10. The molecule has 0 aliphatic heterocycles. The van der Waals surface area contributed by atoms with Crippen molar-refractivity contribution in [1.29, 1.82) is 0 Å². The van der Waals surface area contributed by atoms with Gasteiger partial charge in [0.1, 0.15) is 12.6 Å². The predicted molar refractivity (Wildman–Crippen MR) is 148 cm³/mol. The van der Waals surface area contributed by atoms with Crippen LogP contribution in [0.4, 0.5) is 5.69 Å². The standard InChI is InChI=1S/C26H33BrClN3O4S/c1-18-23(28)13-8-14-24(18)31(36(3,34)35)17-25(32)30(16-20-9-7-10-21(27)15-20)19(2)26(33)29-22-11-5-4-6-12-22/h7-10,13-15,19,22H,4-6,11-12,16-17H2,1-3H3,(H,29,33). The van der Waals surface area contributed by atoms with E-state index in [9.17, 15) is 18.0 Å². The number of amides is 2. The summed E-state index contributed by atoms with van der Waals surface area (Å²) >= 11 is 9.69. The van der Waals surface area contributed by atoms with Crippen molar-refractivity contribution < 1.29 is 18.0 Å². The van der Waals surface area contributed by atoms with Gasteiger partial charge in [-0.25, -0.2) is 8.42 Å². The quantitative estimate of drug-likeness (QED) is 0.438. The van der Waals surface area contributed by atoms with Gasteiger partial charge in [-0.15, -0.1) is 0 Å². The molecule has 36 heavy (non-hydrogen) atoms. The van der Waals surface area contributed by atoms with E-state index in [1.54, 1.807) is 32.0 Å². The zero-order chi connectivity index (χ0) is 26.5. The molecule has 0 spiro atoms. The molecular weight excluding hydrogens is 566 g/mol. The second kappa shape index (κ2) is 12.4. The highest BCUT2D eigenvalue weighted by atomic mass is 79.9. The maximum atomic E-state index is 13.7. The SMILES string of the molecule is Cc1c(Cl)cccc1N(CC(=O)N(Cc1cccc(Br)c1)C(C)C(=O)NC1CCCCC1)S(C)(=O)=O. The molecule has 1 atom stereocenters. The average Bonchev–Trinajstić information content (AvgIpc) is 2.82. The maximum absolute atomic E-state index is 13.7. The zero-order valence-corrected chi connectivity index (χ0v) is 24.0. The van der Waals surface area contributed by atoms with E-state index in [1.807, 2.05) is 24.3 Å². The summed E-state index contributed by atoms with van der Waals surface area (Å²) in [5.74, 6) is -0.721. The van der Waals surface area contributed by atoms with Gasteiger partial charge in [0, 0.05) is 22.1 Å². The average molecular weight is 599 g/mol. The predicted octanol–water partition coefficient (Wildman–Crippen LogP) is 5.04. The second-order valence-corrected chi connectivity index (χ2v) is 12.6. The summed E-state index contributed by atoms with van der Waals surface area (Å²) < 4.78 is 27.4. The number of nitrogens with zero attached hydrogens (tertiary/aromatic N) is 2. The van der Waals surface area contributed by atoms with Gasteiger partial charge in [0.15, 0.2) is 0 Å². The molecular formula is C26H33BrClN3O4S. The summed E-state index contributed by atoms with van der Waals surface area (Å²) in [5.41, 5.74) is 1.71. The molecule has 1 N–H and O–H groups in total. The third-order valence-corrected chi connectivity index (χ3v) is 8.58. The number of halogens is 2. The molecule has 1 fully saturated rings. The van der Waals surface area contributed by atoms with Crippen molar-refractivity contribution in [3.63, 3.8) is 0 Å². The minimum Gasteiger partial charge on any atom is -0.352 e. The first kappa shape index (κ1) is 28.5. The van der Waals surface area contributed by atoms with Gasteiger partial charge in [-0.05, 0) is 62.1 Å². The van der Waals surface area contributed by atoms with Crippen LogP contribution in [0.15, 0.2) is 46.9 Å². The van der Waals surface area contributed by atoms with Gasteiger partial charge in [-0.3, -0.25) is 13.9 Å². The van der Waals surface area contributed by atoms with E-state index in [-0.39, 0.29) is 18.5 Å². The molecule has 0 saturated heterocycles. The van der Waals surface area contributed by atoms with Crippen molar-refractivity contribution in [3.8, 4) is 0 Å². The Hall–Kier alpha value is -2.10. The molecule has 7 nitrogen and oxygen atoms in total. The Morgan fingerprint density at radius 2 is 1.81 bits per heavy atom. The number of rotatable bonds is 9. The third kappa shape index (κ3) is 7.46. The minimum atomic E-state index is -3.81. The lowest BCUT2D eigenvalue weighted by atomic mass is 9.95.